The van der Waals surface area contributed by atoms with Gasteiger partial charge in [0.05, 0.1) is 6.04 Å². The van der Waals surface area contributed by atoms with Crippen LogP contribution in [-0.4, -0.2) is 34.8 Å². The predicted octanol–water partition coefficient (Wildman–Crippen LogP) is 0.524. The number of hydrogen-bond acceptors (Lipinski definition) is 2. The van der Waals surface area contributed by atoms with Crippen molar-refractivity contribution in [3.05, 3.63) is 0 Å². The van der Waals surface area contributed by atoms with Crippen LogP contribution >= 0.6 is 0 Å². The summed E-state index contributed by atoms with van der Waals surface area (Å²) in [5.74, 6) is 2.35. The highest BCUT2D eigenvalue weighted by Crippen LogP contribution is 2.17. The molecule has 1 rings (SSSR count). The van der Waals surface area contributed by atoms with Crippen LogP contribution in [0.5, 0.6) is 0 Å². The Balaban J connectivity index is 3.01. The van der Waals surface area contributed by atoms with Crippen molar-refractivity contribution in [1.82, 2.24) is 10.2 Å². The van der Waals surface area contributed by atoms with E-state index in [9.17, 15) is 9.59 Å². The molecule has 2 amide bonds. The summed E-state index contributed by atoms with van der Waals surface area (Å²) < 4.78 is 0. The Morgan fingerprint density at radius 3 is 2.50 bits per heavy atom. The molecule has 0 spiro atoms. The number of nitrogens with one attached hydrogen (secondary N) is 1. The molecule has 0 radical (unpaired) electrons. The van der Waals surface area contributed by atoms with E-state index in [0.29, 0.717) is 12.8 Å². The van der Waals surface area contributed by atoms with Crippen LogP contribution in [0.2, 0.25) is 0 Å². The number of nitrogens with zero attached hydrogens (tertiary/aromatic N) is 1. The molecule has 3 unspecified atom stereocenters. The molecule has 88 valence electrons. The van der Waals surface area contributed by atoms with E-state index in [-0.39, 0.29) is 17.9 Å². The van der Waals surface area contributed by atoms with Crippen molar-refractivity contribution in [3.8, 4) is 12.3 Å². The van der Waals surface area contributed by atoms with E-state index in [4.69, 9.17) is 6.42 Å². The molecule has 4 heteroatoms. The summed E-state index contributed by atoms with van der Waals surface area (Å²) in [5.41, 5.74) is 0. The summed E-state index contributed by atoms with van der Waals surface area (Å²) in [6, 6.07) is -1.19. The third-order valence-electron chi connectivity index (χ3n) is 2.96. The first kappa shape index (κ1) is 12.6. The van der Waals surface area contributed by atoms with Gasteiger partial charge in [-0.1, -0.05) is 19.8 Å². The minimum Gasteiger partial charge on any atom is -0.343 e. The van der Waals surface area contributed by atoms with E-state index >= 15 is 0 Å². The van der Waals surface area contributed by atoms with E-state index in [0.717, 1.165) is 0 Å². The number of amides is 2. The Hall–Kier alpha value is -1.50. The number of carbonyl (C=O) groups is 2. The maximum Gasteiger partial charge on any atom is 0.246 e. The standard InChI is InChI=1S/C12H18N2O2/c1-5-8(4)14-10(7-3)11(15)13-9(6-2)12(14)16/h1,8-10H,6-7H2,2-4H3,(H,13,15). The molecular weight excluding hydrogens is 204 g/mol. The lowest BCUT2D eigenvalue weighted by atomic mass is 10.0. The minimum absolute atomic E-state index is 0.0700. The minimum atomic E-state index is -0.429. The maximum atomic E-state index is 12.1. The van der Waals surface area contributed by atoms with Gasteiger partial charge >= 0.3 is 0 Å². The van der Waals surface area contributed by atoms with Gasteiger partial charge in [0.2, 0.25) is 11.8 Å². The van der Waals surface area contributed by atoms with Gasteiger partial charge in [-0.2, -0.15) is 0 Å². The average Bonchev–Trinajstić information content (AvgIpc) is 2.29. The molecule has 1 fully saturated rings. The second-order valence-electron chi connectivity index (χ2n) is 3.98. The predicted molar refractivity (Wildman–Crippen MR) is 61.4 cm³/mol. The van der Waals surface area contributed by atoms with Gasteiger partial charge in [-0.3, -0.25) is 9.59 Å². The molecule has 1 heterocycles. The molecule has 1 N–H and O–H groups in total. The summed E-state index contributed by atoms with van der Waals surface area (Å²) in [6.07, 6.45) is 6.51. The average molecular weight is 222 g/mol. The highest BCUT2D eigenvalue weighted by molar-refractivity contribution is 5.97. The summed E-state index contributed by atoms with van der Waals surface area (Å²) in [6.45, 7) is 5.51. The van der Waals surface area contributed by atoms with Crippen LogP contribution in [0.15, 0.2) is 0 Å². The molecule has 16 heavy (non-hydrogen) atoms. The number of rotatable bonds is 3. The molecule has 4 nitrogen and oxygen atoms in total. The van der Waals surface area contributed by atoms with E-state index in [2.05, 4.69) is 11.2 Å². The normalized spacial score (nSPS) is 27.2. The highest BCUT2D eigenvalue weighted by Gasteiger charge is 2.40. The van der Waals surface area contributed by atoms with Crippen LogP contribution in [0.4, 0.5) is 0 Å². The topological polar surface area (TPSA) is 49.4 Å². The van der Waals surface area contributed by atoms with Gasteiger partial charge in [-0.15, -0.1) is 6.42 Å². The Bertz CT molecular complexity index is 332. The van der Waals surface area contributed by atoms with Crippen molar-refractivity contribution in [2.45, 2.75) is 51.7 Å². The lowest BCUT2D eigenvalue weighted by Gasteiger charge is -2.40. The van der Waals surface area contributed by atoms with Gasteiger partial charge in [0.1, 0.15) is 12.1 Å². The first-order chi connectivity index (χ1) is 7.56. The third-order valence-corrected chi connectivity index (χ3v) is 2.96. The van der Waals surface area contributed by atoms with Crippen molar-refractivity contribution in [1.29, 1.82) is 0 Å². The van der Waals surface area contributed by atoms with E-state index in [1.165, 1.54) is 4.90 Å². The molecule has 1 saturated heterocycles. The smallest absolute Gasteiger partial charge is 0.246 e. The van der Waals surface area contributed by atoms with Crippen LogP contribution < -0.4 is 5.32 Å². The number of piperazine rings is 1. The van der Waals surface area contributed by atoms with Crippen molar-refractivity contribution >= 4 is 11.8 Å². The fraction of sp³-hybridized carbons (Fsp3) is 0.667. The van der Waals surface area contributed by atoms with E-state index in [1.807, 2.05) is 13.8 Å². The fourth-order valence-corrected chi connectivity index (χ4v) is 1.99. The first-order valence-corrected chi connectivity index (χ1v) is 5.65. The Labute approximate surface area is 96.4 Å². The zero-order chi connectivity index (χ0) is 12.3. The molecule has 0 bridgehead atoms. The van der Waals surface area contributed by atoms with Crippen LogP contribution in [0.1, 0.15) is 33.6 Å². The molecule has 1 aliphatic rings. The number of hydrogen-bond donors (Lipinski definition) is 1. The summed E-state index contributed by atoms with van der Waals surface area (Å²) in [5, 5.41) is 2.73. The molecule has 1 aliphatic heterocycles. The maximum absolute atomic E-state index is 12.1. The Morgan fingerprint density at radius 1 is 1.44 bits per heavy atom. The molecule has 0 aliphatic carbocycles. The largest absolute Gasteiger partial charge is 0.343 e. The van der Waals surface area contributed by atoms with Gasteiger partial charge in [0.15, 0.2) is 0 Å². The monoisotopic (exact) mass is 222 g/mol. The molecule has 0 saturated carbocycles. The Kier molecular flexibility index (Phi) is 3.94. The van der Waals surface area contributed by atoms with Crippen molar-refractivity contribution in [2.24, 2.45) is 0 Å². The summed E-state index contributed by atoms with van der Waals surface area (Å²) >= 11 is 0. The number of carbonyl (C=O) groups excluding carboxylic acids is 2. The second-order valence-corrected chi connectivity index (χ2v) is 3.98. The van der Waals surface area contributed by atoms with Crippen LogP contribution in [-0.2, 0) is 9.59 Å². The number of terminal acetylenes is 1. The SMILES string of the molecule is C#CC(C)N1C(=O)C(CC)NC(=O)C1CC. The van der Waals surface area contributed by atoms with E-state index in [1.54, 1.807) is 6.92 Å². The molecule has 0 aromatic carbocycles. The summed E-state index contributed by atoms with van der Waals surface area (Å²) in [4.78, 5) is 25.4. The van der Waals surface area contributed by atoms with Crippen LogP contribution in [0.3, 0.4) is 0 Å². The van der Waals surface area contributed by atoms with Gasteiger partial charge in [-0.05, 0) is 19.8 Å². The van der Waals surface area contributed by atoms with Crippen molar-refractivity contribution in [3.63, 3.8) is 0 Å². The third kappa shape index (κ3) is 2.04. The van der Waals surface area contributed by atoms with Gasteiger partial charge in [0.25, 0.3) is 0 Å². The first-order valence-electron chi connectivity index (χ1n) is 5.65. The van der Waals surface area contributed by atoms with Crippen LogP contribution in [0.25, 0.3) is 0 Å². The molecule has 3 atom stereocenters. The van der Waals surface area contributed by atoms with Gasteiger partial charge in [0, 0.05) is 0 Å². The Morgan fingerprint density at radius 2 is 2.06 bits per heavy atom. The van der Waals surface area contributed by atoms with Crippen LogP contribution in [0, 0.1) is 12.3 Å². The molecule has 0 aromatic heterocycles. The van der Waals surface area contributed by atoms with E-state index < -0.39 is 12.1 Å². The van der Waals surface area contributed by atoms with Crippen molar-refractivity contribution in [2.75, 3.05) is 0 Å². The van der Waals surface area contributed by atoms with Gasteiger partial charge in [-0.25, -0.2) is 0 Å². The van der Waals surface area contributed by atoms with Crippen molar-refractivity contribution < 1.29 is 9.59 Å². The zero-order valence-corrected chi connectivity index (χ0v) is 9.99. The summed E-state index contributed by atoms with van der Waals surface area (Å²) in [7, 11) is 0. The fourth-order valence-electron chi connectivity index (χ4n) is 1.99. The van der Waals surface area contributed by atoms with Gasteiger partial charge < -0.3 is 10.2 Å². The zero-order valence-electron chi connectivity index (χ0n) is 9.99. The lowest BCUT2D eigenvalue weighted by molar-refractivity contribution is -0.150. The quantitative estimate of drug-likeness (QED) is 0.708. The molecular formula is C12H18N2O2. The lowest BCUT2D eigenvalue weighted by Crippen LogP contribution is -2.64. The second kappa shape index (κ2) is 5.02. The highest BCUT2D eigenvalue weighted by atomic mass is 16.2. The molecule has 0 aromatic rings.